The summed E-state index contributed by atoms with van der Waals surface area (Å²) in [6, 6.07) is 0. The predicted molar refractivity (Wildman–Crippen MR) is 120 cm³/mol. The molecular weight excluding hydrogens is 500 g/mol. The van der Waals surface area contributed by atoms with Crippen molar-refractivity contribution in [3.05, 3.63) is 28.7 Å². The molecule has 0 radical (unpaired) electrons. The van der Waals surface area contributed by atoms with Crippen LogP contribution in [-0.4, -0.2) is 109 Å². The standard InChI is InChI=1S/C10H13N5O4.C9H13N3O6/c11-10-13-8-7(9(18)14-10)12-3-15(8)6-1-4(17)5(2-16)19-6;10-7(16)4-8(17)12(2-11-4)9-6(15)5(14)3(1-13)18-9/h3-6,16-17H,1-2H2,(H3,11,13,14,18);2-3,5-6,9,13-15,17H,1H2,(H2,10,16)/t4-,5+,6+;3-,5-,6-,9-/m01/s1. The molecule has 11 N–H and O–H groups in total. The fraction of sp³-hybridized carbons (Fsp3) is 0.526. The number of nitrogens with zero attached hydrogens (tertiary/aromatic N) is 5. The van der Waals surface area contributed by atoms with Gasteiger partial charge in [0.1, 0.15) is 37.0 Å². The molecule has 0 bridgehead atoms. The summed E-state index contributed by atoms with van der Waals surface area (Å²) in [7, 11) is 0. The minimum Gasteiger partial charge on any atom is -0.493 e. The van der Waals surface area contributed by atoms with Crippen LogP contribution in [0.15, 0.2) is 17.4 Å². The molecule has 5 heterocycles. The van der Waals surface area contributed by atoms with E-state index in [4.69, 9.17) is 31.2 Å². The predicted octanol–water partition coefficient (Wildman–Crippen LogP) is -4.36. The molecule has 0 unspecified atom stereocenters. The first-order valence-corrected chi connectivity index (χ1v) is 10.9. The van der Waals surface area contributed by atoms with Crippen molar-refractivity contribution >= 4 is 23.0 Å². The zero-order valence-corrected chi connectivity index (χ0v) is 19.0. The molecule has 7 atom stereocenters. The van der Waals surface area contributed by atoms with Gasteiger partial charge in [-0.1, -0.05) is 0 Å². The van der Waals surface area contributed by atoms with Crippen molar-refractivity contribution in [2.45, 2.75) is 49.4 Å². The van der Waals surface area contributed by atoms with E-state index in [1.165, 1.54) is 10.9 Å². The number of nitrogen functional groups attached to an aromatic ring is 1. The quantitative estimate of drug-likeness (QED) is 0.152. The number of hydrogen-bond donors (Lipinski definition) is 9. The summed E-state index contributed by atoms with van der Waals surface area (Å²) in [6.45, 7) is -0.771. The van der Waals surface area contributed by atoms with E-state index in [1.54, 1.807) is 0 Å². The highest BCUT2D eigenvalue weighted by molar-refractivity contribution is 5.93. The number of imidazole rings is 2. The molecule has 3 aromatic rings. The van der Waals surface area contributed by atoms with Crippen LogP contribution in [0.5, 0.6) is 5.88 Å². The number of H-pyrrole nitrogens is 1. The molecule has 2 saturated heterocycles. The molecule has 2 aliphatic rings. The molecule has 18 heteroatoms. The van der Waals surface area contributed by atoms with Gasteiger partial charge in [-0.2, -0.15) is 4.98 Å². The third-order valence-electron chi connectivity index (χ3n) is 5.94. The second-order valence-electron chi connectivity index (χ2n) is 8.31. The van der Waals surface area contributed by atoms with E-state index >= 15 is 0 Å². The zero-order valence-electron chi connectivity index (χ0n) is 19.0. The van der Waals surface area contributed by atoms with Gasteiger partial charge in [0.05, 0.1) is 25.6 Å². The lowest BCUT2D eigenvalue weighted by molar-refractivity contribution is -0.0553. The molecule has 202 valence electrons. The summed E-state index contributed by atoms with van der Waals surface area (Å²) < 4.78 is 13.1. The van der Waals surface area contributed by atoms with Gasteiger partial charge in [0.2, 0.25) is 11.8 Å². The first kappa shape index (κ1) is 26.4. The number of amides is 1. The number of nitrogens with two attached hydrogens (primary N) is 2. The molecule has 0 saturated carbocycles. The molecule has 37 heavy (non-hydrogen) atoms. The lowest BCUT2D eigenvalue weighted by Gasteiger charge is -2.16. The fourth-order valence-electron chi connectivity index (χ4n) is 4.03. The molecule has 2 fully saturated rings. The number of anilines is 1. The Balaban J connectivity index is 0.000000173. The number of primary amides is 1. The third-order valence-corrected chi connectivity index (χ3v) is 5.94. The summed E-state index contributed by atoms with van der Waals surface area (Å²) >= 11 is 0. The molecule has 0 spiro atoms. The molecule has 2 aliphatic heterocycles. The molecule has 5 rings (SSSR count). The van der Waals surface area contributed by atoms with E-state index in [2.05, 4.69) is 19.9 Å². The van der Waals surface area contributed by atoms with E-state index in [9.17, 15) is 30.0 Å². The summed E-state index contributed by atoms with van der Waals surface area (Å²) in [6.07, 6.45) is -4.03. The largest absolute Gasteiger partial charge is 0.493 e. The summed E-state index contributed by atoms with van der Waals surface area (Å²) in [4.78, 5) is 36.4. The van der Waals surface area contributed by atoms with Gasteiger partial charge >= 0.3 is 0 Å². The maximum atomic E-state index is 11.6. The number of carbonyl (C=O) groups is 1. The van der Waals surface area contributed by atoms with Gasteiger partial charge in [-0.15, -0.1) is 0 Å². The molecule has 3 aromatic heterocycles. The fourth-order valence-corrected chi connectivity index (χ4v) is 4.03. The number of aliphatic hydroxyl groups is 5. The number of nitrogens with one attached hydrogen (secondary N) is 1. The highest BCUT2D eigenvalue weighted by Crippen LogP contribution is 2.33. The van der Waals surface area contributed by atoms with Crippen molar-refractivity contribution in [1.29, 1.82) is 0 Å². The minimum absolute atomic E-state index is 0.0171. The summed E-state index contributed by atoms with van der Waals surface area (Å²) in [5, 5.41) is 56.6. The number of aliphatic hydroxyl groups excluding tert-OH is 5. The van der Waals surface area contributed by atoms with E-state index in [-0.39, 0.29) is 35.8 Å². The normalized spacial score (nSPS) is 29.4. The number of aromatic amines is 1. The first-order valence-electron chi connectivity index (χ1n) is 10.9. The van der Waals surface area contributed by atoms with Gasteiger partial charge in [-0.05, 0) is 0 Å². The maximum absolute atomic E-state index is 11.6. The zero-order chi connectivity index (χ0) is 27.0. The van der Waals surface area contributed by atoms with Crippen LogP contribution in [0.2, 0.25) is 0 Å². The number of hydrogen-bond acceptors (Lipinski definition) is 14. The topological polar surface area (TPSA) is 290 Å². The van der Waals surface area contributed by atoms with Gasteiger partial charge in [0.15, 0.2) is 23.1 Å². The monoisotopic (exact) mass is 526 g/mol. The van der Waals surface area contributed by atoms with Gasteiger partial charge in [-0.25, -0.2) is 9.97 Å². The maximum Gasteiger partial charge on any atom is 0.280 e. The average Bonchev–Trinajstić information content (AvgIpc) is 3.60. The van der Waals surface area contributed by atoms with Crippen molar-refractivity contribution in [3.8, 4) is 5.88 Å². The van der Waals surface area contributed by atoms with Crippen molar-refractivity contribution in [3.63, 3.8) is 0 Å². The third kappa shape index (κ3) is 4.85. The Morgan fingerprint density at radius 3 is 2.32 bits per heavy atom. The van der Waals surface area contributed by atoms with Crippen LogP contribution >= 0.6 is 0 Å². The van der Waals surface area contributed by atoms with Crippen LogP contribution in [0.3, 0.4) is 0 Å². The number of rotatable bonds is 5. The van der Waals surface area contributed by atoms with Crippen LogP contribution in [0.1, 0.15) is 29.4 Å². The molecular formula is C19H26N8O10. The Labute approximate surface area is 206 Å². The lowest BCUT2D eigenvalue weighted by atomic mass is 10.1. The number of aromatic hydroxyl groups is 1. The first-order chi connectivity index (χ1) is 17.6. The van der Waals surface area contributed by atoms with E-state index in [0.717, 1.165) is 10.9 Å². The minimum atomic E-state index is -1.37. The molecule has 0 aliphatic carbocycles. The Morgan fingerprint density at radius 1 is 1.08 bits per heavy atom. The van der Waals surface area contributed by atoms with Crippen molar-refractivity contribution in [1.82, 2.24) is 29.1 Å². The van der Waals surface area contributed by atoms with Crippen LogP contribution in [-0.2, 0) is 9.47 Å². The highest BCUT2D eigenvalue weighted by Gasteiger charge is 2.44. The van der Waals surface area contributed by atoms with Crippen LogP contribution < -0.4 is 17.0 Å². The van der Waals surface area contributed by atoms with Crippen LogP contribution in [0.25, 0.3) is 11.2 Å². The molecule has 1 amide bonds. The van der Waals surface area contributed by atoms with Crippen LogP contribution in [0.4, 0.5) is 5.95 Å². The van der Waals surface area contributed by atoms with Gasteiger partial charge in [-0.3, -0.25) is 23.7 Å². The summed E-state index contributed by atoms with van der Waals surface area (Å²) in [5.41, 5.74) is 10.1. The van der Waals surface area contributed by atoms with Gasteiger partial charge < -0.3 is 51.6 Å². The SMILES string of the molecule is NC(=O)c1ncn([C@@H]2O[C@H](CO)[C@@H](O)[C@H]2O)c1O.Nc1nc2c(ncn2[C@H]2C[C@H](O)[C@@H](CO)O2)c(=O)[nH]1. The Morgan fingerprint density at radius 2 is 1.76 bits per heavy atom. The second kappa shape index (κ2) is 10.4. The van der Waals surface area contributed by atoms with Gasteiger partial charge in [0, 0.05) is 6.42 Å². The van der Waals surface area contributed by atoms with Gasteiger partial charge in [0.25, 0.3) is 11.5 Å². The Kier molecular flexibility index (Phi) is 7.41. The average molecular weight is 526 g/mol. The smallest absolute Gasteiger partial charge is 0.280 e. The molecule has 0 aromatic carbocycles. The second-order valence-corrected chi connectivity index (χ2v) is 8.31. The van der Waals surface area contributed by atoms with Crippen molar-refractivity contribution in [2.75, 3.05) is 18.9 Å². The van der Waals surface area contributed by atoms with Crippen molar-refractivity contribution < 1.29 is 44.9 Å². The Hall–Kier alpha value is -3.65. The van der Waals surface area contributed by atoms with E-state index in [0.29, 0.717) is 0 Å². The highest BCUT2D eigenvalue weighted by atomic mass is 16.6. The van der Waals surface area contributed by atoms with Crippen LogP contribution in [0, 0.1) is 0 Å². The Bertz CT molecular complexity index is 1320. The number of aromatic nitrogens is 6. The molecule has 18 nitrogen and oxygen atoms in total. The van der Waals surface area contributed by atoms with E-state index in [1.807, 2.05) is 0 Å². The summed E-state index contributed by atoms with van der Waals surface area (Å²) in [5.74, 6) is -1.52. The lowest BCUT2D eigenvalue weighted by Crippen LogP contribution is -2.33. The number of carbonyl (C=O) groups excluding carboxylic acids is 1. The van der Waals surface area contributed by atoms with Crippen molar-refractivity contribution in [2.24, 2.45) is 5.73 Å². The van der Waals surface area contributed by atoms with E-state index < -0.39 is 66.9 Å². The number of ether oxygens (including phenoxy) is 2. The number of fused-ring (bicyclic) bond motifs is 1.